The Kier molecular flexibility index (Phi) is 8.67. The third kappa shape index (κ3) is 6.42. The van der Waals surface area contributed by atoms with Crippen molar-refractivity contribution < 1.29 is 24.1 Å². The van der Waals surface area contributed by atoms with Crippen molar-refractivity contribution in [3.05, 3.63) is 71.8 Å². The van der Waals surface area contributed by atoms with E-state index in [0.29, 0.717) is 50.8 Å². The van der Waals surface area contributed by atoms with Gasteiger partial charge in [0.25, 0.3) is 0 Å². The van der Waals surface area contributed by atoms with Gasteiger partial charge in [-0.2, -0.15) is 0 Å². The Morgan fingerprint density at radius 2 is 1.71 bits per heavy atom. The first kappa shape index (κ1) is 28.2. The molecule has 0 bridgehead atoms. The first-order chi connectivity index (χ1) is 20.6. The van der Waals surface area contributed by atoms with Crippen molar-refractivity contribution in [1.29, 1.82) is 0 Å². The number of likely N-dealkylation sites (tertiary alicyclic amines) is 1. The molecule has 0 radical (unpaired) electrons. The predicted molar refractivity (Wildman–Crippen MR) is 166 cm³/mol. The molecule has 2 fully saturated rings. The van der Waals surface area contributed by atoms with E-state index in [1.807, 2.05) is 36.4 Å². The number of amides is 2. The lowest BCUT2D eigenvalue weighted by Crippen LogP contribution is -2.31. The minimum atomic E-state index is -0.0484. The van der Waals surface area contributed by atoms with Crippen LogP contribution in [0.4, 0.5) is 4.79 Å². The fourth-order valence-corrected chi connectivity index (χ4v) is 6.94. The number of nitrogens with zero attached hydrogens (tertiary/aromatic N) is 2. The number of phenols is 1. The summed E-state index contributed by atoms with van der Waals surface area (Å²) in [5.41, 5.74) is 3.41. The highest BCUT2D eigenvalue weighted by molar-refractivity contribution is 7.22. The molecule has 0 aliphatic carbocycles. The zero-order valence-corrected chi connectivity index (χ0v) is 24.8. The molecule has 6 rings (SSSR count). The largest absolute Gasteiger partial charge is 0.508 e. The van der Waals surface area contributed by atoms with E-state index in [4.69, 9.17) is 14.2 Å². The van der Waals surface area contributed by atoms with Crippen LogP contribution in [0.25, 0.3) is 20.5 Å². The molecule has 3 aromatic carbocycles. The molecule has 0 unspecified atom stereocenters. The van der Waals surface area contributed by atoms with E-state index in [2.05, 4.69) is 28.4 Å². The highest BCUT2D eigenvalue weighted by Crippen LogP contribution is 2.42. The van der Waals surface area contributed by atoms with Crippen molar-refractivity contribution in [1.82, 2.24) is 15.1 Å². The molecule has 2 amide bonds. The summed E-state index contributed by atoms with van der Waals surface area (Å²) in [7, 11) is 1.64. The van der Waals surface area contributed by atoms with Crippen molar-refractivity contribution >= 4 is 27.5 Å². The number of urea groups is 1. The topological polar surface area (TPSA) is 83.5 Å². The van der Waals surface area contributed by atoms with Gasteiger partial charge in [0.2, 0.25) is 0 Å². The van der Waals surface area contributed by atoms with E-state index < -0.39 is 0 Å². The van der Waals surface area contributed by atoms with Gasteiger partial charge < -0.3 is 29.5 Å². The Labute approximate surface area is 250 Å². The number of phenolic OH excluding ortho intramolecular Hbond substituents is 1. The molecule has 1 aromatic heterocycles. The second kappa shape index (κ2) is 12.9. The van der Waals surface area contributed by atoms with E-state index >= 15 is 0 Å². The van der Waals surface area contributed by atoms with Gasteiger partial charge in [0.1, 0.15) is 24.7 Å². The molecule has 220 valence electrons. The highest BCUT2D eigenvalue weighted by Gasteiger charge is 2.20. The molecule has 4 aromatic rings. The minimum absolute atomic E-state index is 0.0484. The molecule has 3 heterocycles. The minimum Gasteiger partial charge on any atom is -0.508 e. The number of rotatable bonds is 12. The van der Waals surface area contributed by atoms with Crippen LogP contribution in [0.1, 0.15) is 24.0 Å². The Hall–Kier alpha value is -3.95. The summed E-state index contributed by atoms with van der Waals surface area (Å²) in [4.78, 5) is 17.2. The molecule has 42 heavy (non-hydrogen) atoms. The zero-order chi connectivity index (χ0) is 28.9. The van der Waals surface area contributed by atoms with Gasteiger partial charge in [-0.3, -0.25) is 4.90 Å². The Morgan fingerprint density at radius 1 is 0.905 bits per heavy atom. The summed E-state index contributed by atoms with van der Waals surface area (Å²) in [6, 6.07) is 19.9. The van der Waals surface area contributed by atoms with Crippen molar-refractivity contribution in [3.8, 4) is 33.4 Å². The fraction of sp³-hybridized carbons (Fsp3) is 0.364. The van der Waals surface area contributed by atoms with Crippen LogP contribution in [0.3, 0.4) is 0 Å². The number of methoxy groups -OCH3 is 1. The van der Waals surface area contributed by atoms with Gasteiger partial charge in [-0.05, 0) is 109 Å². The van der Waals surface area contributed by atoms with Crippen molar-refractivity contribution in [3.63, 3.8) is 0 Å². The lowest BCUT2D eigenvalue weighted by atomic mass is 9.98. The van der Waals surface area contributed by atoms with E-state index in [-0.39, 0.29) is 11.8 Å². The molecule has 0 atom stereocenters. The van der Waals surface area contributed by atoms with Gasteiger partial charge >= 0.3 is 6.03 Å². The molecule has 2 N–H and O–H groups in total. The number of nitrogens with one attached hydrogen (secondary N) is 1. The smallest absolute Gasteiger partial charge is 0.317 e. The standard InChI is InChI=1S/C33H37N3O5S/c1-39-30-21-23(4-11-29(30)41-19-17-36-15-12-34-33(36)38)20-28-27-10-7-25(37)22-31(27)42-32(28)24-5-8-26(9-6-24)40-18-16-35-13-2-3-14-35/h4-11,21-22,37H,2-3,12-20H2,1H3,(H,34,38). The number of ether oxygens (including phenoxy) is 3. The zero-order valence-electron chi connectivity index (χ0n) is 23.9. The number of fused-ring (bicyclic) bond motifs is 1. The maximum Gasteiger partial charge on any atom is 0.317 e. The first-order valence-electron chi connectivity index (χ1n) is 14.6. The predicted octanol–water partition coefficient (Wildman–Crippen LogP) is 5.75. The summed E-state index contributed by atoms with van der Waals surface area (Å²) in [6.07, 6.45) is 3.27. The van der Waals surface area contributed by atoms with Gasteiger partial charge in [-0.25, -0.2) is 4.79 Å². The molecule has 2 aliphatic heterocycles. The van der Waals surface area contributed by atoms with E-state index in [0.717, 1.165) is 33.5 Å². The molecule has 0 saturated carbocycles. The molecule has 2 aliphatic rings. The average Bonchev–Trinajstić information content (AvgIpc) is 3.75. The van der Waals surface area contributed by atoms with Gasteiger partial charge in [0, 0.05) is 29.2 Å². The molecular weight excluding hydrogens is 550 g/mol. The van der Waals surface area contributed by atoms with Crippen LogP contribution in [-0.2, 0) is 6.42 Å². The maximum absolute atomic E-state index is 11.8. The number of hydrogen-bond donors (Lipinski definition) is 2. The van der Waals surface area contributed by atoms with Gasteiger partial charge in [0.05, 0.1) is 13.7 Å². The van der Waals surface area contributed by atoms with Crippen LogP contribution in [0.15, 0.2) is 60.7 Å². The van der Waals surface area contributed by atoms with Crippen LogP contribution in [-0.4, -0.2) is 80.5 Å². The number of carbonyl (C=O) groups excluding carboxylic acids is 1. The lowest BCUT2D eigenvalue weighted by molar-refractivity contribution is 0.201. The maximum atomic E-state index is 11.8. The third-order valence-corrected chi connectivity index (χ3v) is 9.18. The van der Waals surface area contributed by atoms with E-state index in [1.54, 1.807) is 29.4 Å². The molecule has 8 nitrogen and oxygen atoms in total. The first-order valence-corrected chi connectivity index (χ1v) is 15.4. The Bertz CT molecular complexity index is 1530. The monoisotopic (exact) mass is 587 g/mol. The summed E-state index contributed by atoms with van der Waals surface area (Å²) in [5.74, 6) is 2.45. The number of hydrogen-bond acceptors (Lipinski definition) is 7. The van der Waals surface area contributed by atoms with Crippen LogP contribution in [0.2, 0.25) is 0 Å². The van der Waals surface area contributed by atoms with Crippen molar-refractivity contribution in [2.75, 3.05) is 59.6 Å². The van der Waals surface area contributed by atoms with Gasteiger partial charge in [-0.15, -0.1) is 11.3 Å². The number of thiophene rings is 1. The highest BCUT2D eigenvalue weighted by atomic mass is 32.1. The normalized spacial score (nSPS) is 15.4. The SMILES string of the molecule is COc1cc(Cc2c(-c3ccc(OCCN4CCCC4)cc3)sc3cc(O)ccc23)ccc1OCCN1CCNC1=O. The van der Waals surface area contributed by atoms with Crippen LogP contribution in [0, 0.1) is 0 Å². The molecule has 0 spiro atoms. The van der Waals surface area contributed by atoms with E-state index in [1.165, 1.54) is 36.4 Å². The van der Waals surface area contributed by atoms with Gasteiger partial charge in [0.15, 0.2) is 11.5 Å². The summed E-state index contributed by atoms with van der Waals surface area (Å²) >= 11 is 1.69. The second-order valence-electron chi connectivity index (χ2n) is 10.7. The molecule has 2 saturated heterocycles. The second-order valence-corrected chi connectivity index (χ2v) is 11.8. The number of benzene rings is 3. The van der Waals surface area contributed by atoms with Crippen LogP contribution in [0.5, 0.6) is 23.0 Å². The average molecular weight is 588 g/mol. The van der Waals surface area contributed by atoms with Gasteiger partial charge in [-0.1, -0.05) is 6.07 Å². The number of carbonyl (C=O) groups is 1. The van der Waals surface area contributed by atoms with Crippen molar-refractivity contribution in [2.24, 2.45) is 0 Å². The summed E-state index contributed by atoms with van der Waals surface area (Å²) in [5, 5.41) is 14.1. The van der Waals surface area contributed by atoms with Crippen LogP contribution < -0.4 is 19.5 Å². The number of aromatic hydroxyl groups is 1. The Morgan fingerprint density at radius 3 is 2.48 bits per heavy atom. The quantitative estimate of drug-likeness (QED) is 0.220. The summed E-state index contributed by atoms with van der Waals surface area (Å²) < 4.78 is 18.7. The van der Waals surface area contributed by atoms with Crippen LogP contribution >= 0.6 is 11.3 Å². The third-order valence-electron chi connectivity index (χ3n) is 7.94. The van der Waals surface area contributed by atoms with Crippen molar-refractivity contribution in [2.45, 2.75) is 19.3 Å². The lowest BCUT2D eigenvalue weighted by Gasteiger charge is -2.16. The Balaban J connectivity index is 1.19. The molecule has 9 heteroatoms. The summed E-state index contributed by atoms with van der Waals surface area (Å²) in [6.45, 7) is 6.30. The molecular formula is C33H37N3O5S. The van der Waals surface area contributed by atoms with E-state index in [9.17, 15) is 9.90 Å². The fourth-order valence-electron chi connectivity index (χ4n) is 5.68.